The topological polar surface area (TPSA) is 54.9 Å². The van der Waals surface area contributed by atoms with Crippen molar-refractivity contribution in [1.82, 2.24) is 14.8 Å². The zero-order valence-electron chi connectivity index (χ0n) is 18.7. The van der Waals surface area contributed by atoms with Gasteiger partial charge in [-0.3, -0.25) is 9.69 Å². The summed E-state index contributed by atoms with van der Waals surface area (Å²) in [4.78, 5) is 22.3. The van der Waals surface area contributed by atoms with Gasteiger partial charge in [-0.25, -0.2) is 4.98 Å². The summed E-state index contributed by atoms with van der Waals surface area (Å²) in [5.41, 5.74) is 2.88. The van der Waals surface area contributed by atoms with E-state index in [2.05, 4.69) is 22.4 Å². The summed E-state index contributed by atoms with van der Waals surface area (Å²) in [6, 6.07) is 17.8. The SMILES string of the molecule is O=C(c1ccccc1OCC1CCCO1)N1CCN(Cc2csc(-c3ccccc3)n2)CC1. The lowest BCUT2D eigenvalue weighted by Crippen LogP contribution is -2.48. The molecule has 2 fully saturated rings. The molecular formula is C26H29N3O3S. The number of hydrogen-bond donors (Lipinski definition) is 0. The van der Waals surface area contributed by atoms with E-state index in [1.807, 2.05) is 47.4 Å². The Labute approximate surface area is 198 Å². The first-order chi connectivity index (χ1) is 16.3. The first kappa shape index (κ1) is 22.1. The normalized spacial score (nSPS) is 19.0. The van der Waals surface area contributed by atoms with Gasteiger partial charge in [0.2, 0.25) is 0 Å². The smallest absolute Gasteiger partial charge is 0.257 e. The quantitative estimate of drug-likeness (QED) is 0.522. The maximum absolute atomic E-state index is 13.2. The molecule has 0 N–H and O–H groups in total. The molecule has 0 bridgehead atoms. The number of hydrogen-bond acceptors (Lipinski definition) is 6. The van der Waals surface area contributed by atoms with E-state index in [1.54, 1.807) is 11.3 Å². The number of benzene rings is 2. The lowest BCUT2D eigenvalue weighted by molar-refractivity contribution is 0.0592. The highest BCUT2D eigenvalue weighted by Gasteiger charge is 2.25. The molecule has 2 aliphatic rings. The average molecular weight is 464 g/mol. The molecule has 0 spiro atoms. The van der Waals surface area contributed by atoms with Gasteiger partial charge in [0, 0.05) is 50.3 Å². The molecule has 33 heavy (non-hydrogen) atoms. The van der Waals surface area contributed by atoms with Crippen molar-refractivity contribution < 1.29 is 14.3 Å². The summed E-state index contributed by atoms with van der Waals surface area (Å²) in [7, 11) is 0. The molecule has 1 atom stereocenters. The highest BCUT2D eigenvalue weighted by atomic mass is 32.1. The van der Waals surface area contributed by atoms with E-state index in [4.69, 9.17) is 14.5 Å². The molecular weight excluding hydrogens is 434 g/mol. The Morgan fingerprint density at radius 1 is 1.06 bits per heavy atom. The molecule has 3 aromatic rings. The van der Waals surface area contributed by atoms with Crippen molar-refractivity contribution in [2.45, 2.75) is 25.5 Å². The third-order valence-corrected chi connectivity index (χ3v) is 7.12. The van der Waals surface area contributed by atoms with Gasteiger partial charge < -0.3 is 14.4 Å². The second kappa shape index (κ2) is 10.5. The first-order valence-corrected chi connectivity index (χ1v) is 12.5. The third kappa shape index (κ3) is 5.43. The minimum atomic E-state index is 0.0395. The van der Waals surface area contributed by atoms with Gasteiger partial charge in [-0.2, -0.15) is 0 Å². The van der Waals surface area contributed by atoms with Gasteiger partial charge in [-0.05, 0) is 25.0 Å². The van der Waals surface area contributed by atoms with Crippen molar-refractivity contribution in [1.29, 1.82) is 0 Å². The van der Waals surface area contributed by atoms with E-state index in [1.165, 1.54) is 0 Å². The molecule has 2 aliphatic heterocycles. The number of nitrogens with zero attached hydrogens (tertiary/aromatic N) is 3. The average Bonchev–Trinajstić information content (AvgIpc) is 3.56. The van der Waals surface area contributed by atoms with Crippen LogP contribution in [0.3, 0.4) is 0 Å². The van der Waals surface area contributed by atoms with Gasteiger partial charge in [-0.1, -0.05) is 42.5 Å². The van der Waals surface area contributed by atoms with Gasteiger partial charge >= 0.3 is 0 Å². The molecule has 1 aromatic heterocycles. The molecule has 3 heterocycles. The summed E-state index contributed by atoms with van der Waals surface area (Å²) in [5.74, 6) is 0.689. The van der Waals surface area contributed by atoms with E-state index >= 15 is 0 Å². The molecule has 1 unspecified atom stereocenters. The molecule has 0 aliphatic carbocycles. The van der Waals surface area contributed by atoms with Crippen LogP contribution < -0.4 is 4.74 Å². The Morgan fingerprint density at radius 2 is 1.85 bits per heavy atom. The van der Waals surface area contributed by atoms with Crippen LogP contribution in [0.1, 0.15) is 28.9 Å². The second-order valence-electron chi connectivity index (χ2n) is 8.52. The van der Waals surface area contributed by atoms with Crippen molar-refractivity contribution in [3.63, 3.8) is 0 Å². The predicted molar refractivity (Wildman–Crippen MR) is 130 cm³/mol. The van der Waals surface area contributed by atoms with Crippen LogP contribution in [0, 0.1) is 0 Å². The maximum Gasteiger partial charge on any atom is 0.257 e. The van der Waals surface area contributed by atoms with E-state index in [0.717, 1.165) is 55.3 Å². The number of aromatic nitrogens is 1. The minimum Gasteiger partial charge on any atom is -0.490 e. The monoisotopic (exact) mass is 463 g/mol. The minimum absolute atomic E-state index is 0.0395. The predicted octanol–water partition coefficient (Wildman–Crippen LogP) is 4.33. The standard InChI is InChI=1S/C26H29N3O3S/c30-26(23-10-4-5-11-24(23)32-18-22-9-6-16-31-22)29-14-12-28(13-15-29)17-21-19-33-25(27-21)20-7-2-1-3-8-20/h1-5,7-8,10-11,19,22H,6,9,12-18H2. The zero-order valence-corrected chi connectivity index (χ0v) is 19.5. The number of ether oxygens (including phenoxy) is 2. The largest absolute Gasteiger partial charge is 0.490 e. The lowest BCUT2D eigenvalue weighted by Gasteiger charge is -2.34. The highest BCUT2D eigenvalue weighted by molar-refractivity contribution is 7.13. The van der Waals surface area contributed by atoms with Crippen molar-refractivity contribution in [2.24, 2.45) is 0 Å². The highest BCUT2D eigenvalue weighted by Crippen LogP contribution is 2.25. The summed E-state index contributed by atoms with van der Waals surface area (Å²) in [6.07, 6.45) is 2.22. The fraction of sp³-hybridized carbons (Fsp3) is 0.385. The van der Waals surface area contributed by atoms with Crippen molar-refractivity contribution in [3.05, 3.63) is 71.2 Å². The maximum atomic E-state index is 13.2. The van der Waals surface area contributed by atoms with Gasteiger partial charge in [-0.15, -0.1) is 11.3 Å². The molecule has 172 valence electrons. The van der Waals surface area contributed by atoms with Crippen LogP contribution in [0.15, 0.2) is 60.0 Å². The van der Waals surface area contributed by atoms with E-state index < -0.39 is 0 Å². The van der Waals surface area contributed by atoms with Crippen LogP contribution in [0.25, 0.3) is 10.6 Å². The van der Waals surface area contributed by atoms with Gasteiger partial charge in [0.1, 0.15) is 17.4 Å². The van der Waals surface area contributed by atoms with Crippen LogP contribution in [-0.2, 0) is 11.3 Å². The van der Waals surface area contributed by atoms with Crippen molar-refractivity contribution >= 4 is 17.2 Å². The summed E-state index contributed by atoms with van der Waals surface area (Å²) in [6.45, 7) is 5.19. The molecule has 5 rings (SSSR count). The van der Waals surface area contributed by atoms with Gasteiger partial charge in [0.05, 0.1) is 17.4 Å². The van der Waals surface area contributed by atoms with Crippen LogP contribution in [-0.4, -0.2) is 66.2 Å². The molecule has 7 heteroatoms. The van der Waals surface area contributed by atoms with Crippen LogP contribution in [0.5, 0.6) is 5.75 Å². The van der Waals surface area contributed by atoms with Gasteiger partial charge in [0.25, 0.3) is 5.91 Å². The van der Waals surface area contributed by atoms with Crippen molar-refractivity contribution in [3.8, 4) is 16.3 Å². The summed E-state index contributed by atoms with van der Waals surface area (Å²) >= 11 is 1.68. The Hall–Kier alpha value is -2.74. The number of rotatable bonds is 7. The van der Waals surface area contributed by atoms with Crippen LogP contribution >= 0.6 is 11.3 Å². The Balaban J connectivity index is 1.15. The lowest BCUT2D eigenvalue weighted by atomic mass is 10.1. The number of para-hydroxylation sites is 1. The van der Waals surface area contributed by atoms with E-state index in [-0.39, 0.29) is 12.0 Å². The number of carbonyl (C=O) groups excluding carboxylic acids is 1. The Kier molecular flexibility index (Phi) is 7.00. The Bertz CT molecular complexity index is 1060. The number of piperazine rings is 1. The van der Waals surface area contributed by atoms with E-state index in [9.17, 15) is 4.79 Å². The molecule has 2 aromatic carbocycles. The summed E-state index contributed by atoms with van der Waals surface area (Å²) < 4.78 is 11.6. The summed E-state index contributed by atoms with van der Waals surface area (Å²) in [5, 5.41) is 3.20. The fourth-order valence-electron chi connectivity index (χ4n) is 4.33. The molecule has 2 saturated heterocycles. The van der Waals surface area contributed by atoms with Crippen molar-refractivity contribution in [2.75, 3.05) is 39.4 Å². The zero-order chi connectivity index (χ0) is 22.5. The number of thiazole rings is 1. The number of carbonyl (C=O) groups is 1. The Morgan fingerprint density at radius 3 is 2.64 bits per heavy atom. The van der Waals surface area contributed by atoms with E-state index in [0.29, 0.717) is 31.0 Å². The van der Waals surface area contributed by atoms with Crippen LogP contribution in [0.4, 0.5) is 0 Å². The van der Waals surface area contributed by atoms with Crippen LogP contribution in [0.2, 0.25) is 0 Å². The fourth-order valence-corrected chi connectivity index (χ4v) is 5.15. The molecule has 0 saturated carbocycles. The molecule has 0 radical (unpaired) electrons. The molecule has 1 amide bonds. The number of amides is 1. The first-order valence-electron chi connectivity index (χ1n) is 11.6. The second-order valence-corrected chi connectivity index (χ2v) is 9.38. The third-order valence-electron chi connectivity index (χ3n) is 6.18. The van der Waals surface area contributed by atoms with Gasteiger partial charge in [0.15, 0.2) is 0 Å². The molecule has 6 nitrogen and oxygen atoms in total.